The van der Waals surface area contributed by atoms with Gasteiger partial charge in [0.2, 0.25) is 5.95 Å². The first kappa shape index (κ1) is 14.8. The Hall–Kier alpha value is -2.15. The number of imidazole rings is 1. The number of aryl methyl sites for hydroxylation is 1. The van der Waals surface area contributed by atoms with Crippen molar-refractivity contribution in [2.75, 3.05) is 30.4 Å². The van der Waals surface area contributed by atoms with Gasteiger partial charge in [-0.25, -0.2) is 9.97 Å². The fraction of sp³-hybridized carbons (Fsp3) is 0.533. The molecule has 3 rings (SSSR count). The Morgan fingerprint density at radius 1 is 1.36 bits per heavy atom. The highest BCUT2D eigenvalue weighted by Gasteiger charge is 2.14. The molecule has 2 aromatic heterocycles. The van der Waals surface area contributed by atoms with E-state index < -0.39 is 0 Å². The van der Waals surface area contributed by atoms with Crippen LogP contribution in [0.1, 0.15) is 19.3 Å². The zero-order valence-corrected chi connectivity index (χ0v) is 12.6. The average molecular weight is 302 g/mol. The second-order valence-corrected chi connectivity index (χ2v) is 5.40. The van der Waals surface area contributed by atoms with Crippen molar-refractivity contribution in [3.8, 4) is 0 Å². The molecule has 1 fully saturated rings. The summed E-state index contributed by atoms with van der Waals surface area (Å²) in [5.74, 6) is 1.51. The standard InChI is InChI=1S/C15H22N6O/c1-3-13(11-22-10-1)19-14-4-6-18-15(20-14)17-5-2-8-21-9-7-16-12-21/h4,6-7,9,12-13H,1-3,5,8,10-11H2,(H2,17,18,19,20). The van der Waals surface area contributed by atoms with E-state index in [-0.39, 0.29) is 0 Å². The second kappa shape index (κ2) is 7.74. The number of ether oxygens (including phenoxy) is 1. The molecule has 0 aliphatic carbocycles. The van der Waals surface area contributed by atoms with E-state index in [0.29, 0.717) is 12.0 Å². The maximum atomic E-state index is 5.47. The molecule has 1 unspecified atom stereocenters. The number of nitrogens with one attached hydrogen (secondary N) is 2. The minimum absolute atomic E-state index is 0.345. The van der Waals surface area contributed by atoms with Gasteiger partial charge in [0.05, 0.1) is 19.0 Å². The lowest BCUT2D eigenvalue weighted by molar-refractivity contribution is 0.0875. The highest BCUT2D eigenvalue weighted by Crippen LogP contribution is 2.13. The summed E-state index contributed by atoms with van der Waals surface area (Å²) < 4.78 is 7.53. The Balaban J connectivity index is 1.44. The summed E-state index contributed by atoms with van der Waals surface area (Å²) in [5, 5.41) is 6.66. The molecule has 118 valence electrons. The highest BCUT2D eigenvalue weighted by atomic mass is 16.5. The SMILES string of the molecule is c1cn(CCCNc2nccc(NC3CCCOC3)n2)cn1. The number of rotatable bonds is 7. The van der Waals surface area contributed by atoms with Crippen molar-refractivity contribution in [2.24, 2.45) is 0 Å². The van der Waals surface area contributed by atoms with Gasteiger partial charge in [-0.2, -0.15) is 4.98 Å². The van der Waals surface area contributed by atoms with Crippen LogP contribution in [0, 0.1) is 0 Å². The minimum Gasteiger partial charge on any atom is -0.379 e. The molecular weight excluding hydrogens is 280 g/mol. The first-order valence-corrected chi connectivity index (χ1v) is 7.77. The van der Waals surface area contributed by atoms with E-state index in [2.05, 4.69) is 30.2 Å². The van der Waals surface area contributed by atoms with Crippen LogP contribution in [0.4, 0.5) is 11.8 Å². The van der Waals surface area contributed by atoms with Gasteiger partial charge in [0.25, 0.3) is 0 Å². The molecule has 0 amide bonds. The Bertz CT molecular complexity index is 553. The minimum atomic E-state index is 0.345. The van der Waals surface area contributed by atoms with Crippen LogP contribution in [0.2, 0.25) is 0 Å². The molecule has 22 heavy (non-hydrogen) atoms. The lowest BCUT2D eigenvalue weighted by Crippen LogP contribution is -2.30. The van der Waals surface area contributed by atoms with E-state index in [1.165, 1.54) is 0 Å². The normalized spacial score (nSPS) is 18.1. The lowest BCUT2D eigenvalue weighted by Gasteiger charge is -2.23. The molecule has 0 aromatic carbocycles. The summed E-state index contributed by atoms with van der Waals surface area (Å²) in [7, 11) is 0. The van der Waals surface area contributed by atoms with Crippen molar-refractivity contribution >= 4 is 11.8 Å². The summed E-state index contributed by atoms with van der Waals surface area (Å²) in [4.78, 5) is 12.8. The topological polar surface area (TPSA) is 76.9 Å². The van der Waals surface area contributed by atoms with Gasteiger partial charge >= 0.3 is 0 Å². The monoisotopic (exact) mass is 302 g/mol. The summed E-state index contributed by atoms with van der Waals surface area (Å²) in [6.07, 6.45) is 10.6. The van der Waals surface area contributed by atoms with Crippen LogP contribution < -0.4 is 10.6 Å². The molecule has 1 atom stereocenters. The van der Waals surface area contributed by atoms with Crippen LogP contribution >= 0.6 is 0 Å². The Morgan fingerprint density at radius 3 is 3.18 bits per heavy atom. The van der Waals surface area contributed by atoms with E-state index in [0.717, 1.165) is 51.4 Å². The third-order valence-electron chi connectivity index (χ3n) is 3.60. The number of hydrogen-bond acceptors (Lipinski definition) is 6. The van der Waals surface area contributed by atoms with E-state index in [9.17, 15) is 0 Å². The van der Waals surface area contributed by atoms with Gasteiger partial charge in [0.1, 0.15) is 5.82 Å². The molecule has 0 radical (unpaired) electrons. The molecule has 1 saturated heterocycles. The second-order valence-electron chi connectivity index (χ2n) is 5.40. The largest absolute Gasteiger partial charge is 0.379 e. The molecule has 2 aromatic rings. The van der Waals surface area contributed by atoms with Gasteiger partial charge in [0.15, 0.2) is 0 Å². The molecular formula is C15H22N6O. The van der Waals surface area contributed by atoms with Gasteiger partial charge in [0, 0.05) is 38.3 Å². The number of hydrogen-bond donors (Lipinski definition) is 2. The van der Waals surface area contributed by atoms with Crippen molar-refractivity contribution in [1.82, 2.24) is 19.5 Å². The fourth-order valence-corrected chi connectivity index (χ4v) is 2.47. The molecule has 1 aliphatic heterocycles. The quantitative estimate of drug-likeness (QED) is 0.759. The average Bonchev–Trinajstić information content (AvgIpc) is 3.06. The van der Waals surface area contributed by atoms with E-state index in [4.69, 9.17) is 4.74 Å². The van der Waals surface area contributed by atoms with E-state index in [1.54, 1.807) is 12.4 Å². The van der Waals surface area contributed by atoms with Crippen LogP contribution in [0.25, 0.3) is 0 Å². The maximum Gasteiger partial charge on any atom is 0.224 e. The van der Waals surface area contributed by atoms with Gasteiger partial charge < -0.3 is 19.9 Å². The molecule has 7 nitrogen and oxygen atoms in total. The maximum absolute atomic E-state index is 5.47. The number of nitrogens with zero attached hydrogens (tertiary/aromatic N) is 4. The summed E-state index contributed by atoms with van der Waals surface area (Å²) in [5.41, 5.74) is 0. The van der Waals surface area contributed by atoms with Crippen LogP contribution in [0.5, 0.6) is 0 Å². The first-order valence-electron chi connectivity index (χ1n) is 7.77. The first-order chi connectivity index (χ1) is 10.9. The molecule has 3 heterocycles. The third kappa shape index (κ3) is 4.42. The van der Waals surface area contributed by atoms with Crippen LogP contribution in [-0.2, 0) is 11.3 Å². The zero-order valence-electron chi connectivity index (χ0n) is 12.6. The molecule has 0 bridgehead atoms. The smallest absolute Gasteiger partial charge is 0.224 e. The lowest BCUT2D eigenvalue weighted by atomic mass is 10.1. The van der Waals surface area contributed by atoms with Gasteiger partial charge in [-0.05, 0) is 25.3 Å². The third-order valence-corrected chi connectivity index (χ3v) is 3.60. The Morgan fingerprint density at radius 2 is 2.36 bits per heavy atom. The summed E-state index contributed by atoms with van der Waals surface area (Å²) >= 11 is 0. The van der Waals surface area contributed by atoms with Crippen molar-refractivity contribution in [3.63, 3.8) is 0 Å². The fourth-order valence-electron chi connectivity index (χ4n) is 2.47. The van der Waals surface area contributed by atoms with Crippen molar-refractivity contribution in [2.45, 2.75) is 31.8 Å². The zero-order chi connectivity index (χ0) is 15.0. The van der Waals surface area contributed by atoms with Gasteiger partial charge in [-0.15, -0.1) is 0 Å². The van der Waals surface area contributed by atoms with Crippen LogP contribution in [0.15, 0.2) is 31.0 Å². The number of aromatic nitrogens is 4. The molecule has 1 aliphatic rings. The van der Waals surface area contributed by atoms with Crippen LogP contribution in [0.3, 0.4) is 0 Å². The molecule has 0 spiro atoms. The van der Waals surface area contributed by atoms with Gasteiger partial charge in [-0.1, -0.05) is 0 Å². The van der Waals surface area contributed by atoms with Crippen molar-refractivity contribution in [3.05, 3.63) is 31.0 Å². The predicted octanol–water partition coefficient (Wildman–Crippen LogP) is 1.77. The summed E-state index contributed by atoms with van der Waals surface area (Å²) in [6.45, 7) is 3.38. The Labute approximate surface area is 130 Å². The predicted molar refractivity (Wildman–Crippen MR) is 84.8 cm³/mol. The van der Waals surface area contributed by atoms with E-state index >= 15 is 0 Å². The van der Waals surface area contributed by atoms with Crippen LogP contribution in [-0.4, -0.2) is 45.3 Å². The Kier molecular flexibility index (Phi) is 5.20. The van der Waals surface area contributed by atoms with Crippen molar-refractivity contribution in [1.29, 1.82) is 0 Å². The van der Waals surface area contributed by atoms with Gasteiger partial charge in [-0.3, -0.25) is 0 Å². The van der Waals surface area contributed by atoms with Crippen molar-refractivity contribution < 1.29 is 4.74 Å². The molecule has 0 saturated carbocycles. The number of anilines is 2. The molecule has 2 N–H and O–H groups in total. The summed E-state index contributed by atoms with van der Waals surface area (Å²) in [6, 6.07) is 2.24. The highest BCUT2D eigenvalue weighted by molar-refractivity contribution is 5.40. The molecule has 7 heteroatoms. The van der Waals surface area contributed by atoms with E-state index in [1.807, 2.05) is 18.6 Å².